The van der Waals surface area contributed by atoms with Gasteiger partial charge in [0.1, 0.15) is 54.6 Å². The highest BCUT2D eigenvalue weighted by atomic mass is 16.7. The summed E-state index contributed by atoms with van der Waals surface area (Å²) < 4.78 is 20.9. The number of hydrogen-bond acceptors (Lipinski definition) is 13. The second kappa shape index (κ2) is 11.6. The molecule has 10 atom stereocenters. The summed E-state index contributed by atoms with van der Waals surface area (Å²) >= 11 is 0. The topological polar surface area (TPSA) is 213 Å². The third-order valence-corrected chi connectivity index (χ3v) is 5.12. The molecule has 180 valence electrons. The fourth-order valence-electron chi connectivity index (χ4n) is 3.32. The van der Waals surface area contributed by atoms with Crippen molar-refractivity contribution in [2.24, 2.45) is 0 Å². The molecule has 2 aliphatic heterocycles. The fourth-order valence-corrected chi connectivity index (χ4v) is 3.32. The first-order valence-corrected chi connectivity index (χ1v) is 9.88. The Balaban J connectivity index is 2.02. The van der Waals surface area contributed by atoms with E-state index < -0.39 is 80.6 Å². The van der Waals surface area contributed by atoms with Crippen LogP contribution in [0.3, 0.4) is 0 Å². The quantitative estimate of drug-likeness (QED) is 0.165. The van der Waals surface area contributed by atoms with Gasteiger partial charge in [0.15, 0.2) is 6.29 Å². The van der Waals surface area contributed by atoms with Crippen molar-refractivity contribution in [1.82, 2.24) is 0 Å². The van der Waals surface area contributed by atoms with E-state index in [1.165, 1.54) is 6.92 Å². The maximum absolute atomic E-state index is 11.9. The van der Waals surface area contributed by atoms with Gasteiger partial charge in [-0.1, -0.05) is 0 Å². The summed E-state index contributed by atoms with van der Waals surface area (Å²) in [5.74, 6) is -0.895. The zero-order valence-corrected chi connectivity index (χ0v) is 16.9. The summed E-state index contributed by atoms with van der Waals surface area (Å²) in [6, 6.07) is 0. The highest BCUT2D eigenvalue weighted by Gasteiger charge is 2.51. The molecular formula is C18H30O13. The van der Waals surface area contributed by atoms with E-state index >= 15 is 0 Å². The average molecular weight is 454 g/mol. The predicted octanol–water partition coefficient (Wildman–Crippen LogP) is -4.09. The lowest BCUT2D eigenvalue weighted by atomic mass is 9.97. The van der Waals surface area contributed by atoms with Gasteiger partial charge >= 0.3 is 5.97 Å². The first-order chi connectivity index (χ1) is 14.6. The molecule has 2 heterocycles. The fraction of sp³-hybridized carbons (Fsp3) is 0.889. The molecule has 0 amide bonds. The Hall–Kier alpha value is -1.26. The number of carbonyl (C=O) groups is 2. The molecule has 0 saturated carbocycles. The number of Topliss-reactive ketones (excluding diaryl/α,β-unsaturated/α-hetero) is 1. The number of rotatable bonds is 9. The van der Waals surface area contributed by atoms with E-state index in [9.17, 15) is 45.3 Å². The van der Waals surface area contributed by atoms with Crippen LogP contribution >= 0.6 is 0 Å². The maximum atomic E-state index is 11.9. The summed E-state index contributed by atoms with van der Waals surface area (Å²) in [7, 11) is 0. The zero-order chi connectivity index (χ0) is 23.3. The molecule has 13 nitrogen and oxygen atoms in total. The lowest BCUT2D eigenvalue weighted by Gasteiger charge is -2.45. The van der Waals surface area contributed by atoms with Gasteiger partial charge in [0, 0.05) is 12.8 Å². The van der Waals surface area contributed by atoms with E-state index in [1.54, 1.807) is 0 Å². The summed E-state index contributed by atoms with van der Waals surface area (Å²) in [6.45, 7) is -0.0798. The van der Waals surface area contributed by atoms with Crippen molar-refractivity contribution in [3.63, 3.8) is 0 Å². The lowest BCUT2D eigenvalue weighted by Crippen LogP contribution is -2.64. The Morgan fingerprint density at radius 1 is 0.774 bits per heavy atom. The maximum Gasteiger partial charge on any atom is 0.308 e. The number of aliphatic hydroxyl groups excluding tert-OH is 7. The van der Waals surface area contributed by atoms with E-state index in [0.29, 0.717) is 0 Å². The molecule has 0 bridgehead atoms. The molecular weight excluding hydrogens is 424 g/mol. The van der Waals surface area contributed by atoms with Crippen LogP contribution in [0.25, 0.3) is 0 Å². The van der Waals surface area contributed by atoms with Crippen LogP contribution in [-0.4, -0.2) is 122 Å². The molecule has 2 saturated heterocycles. The molecule has 0 aliphatic carbocycles. The van der Waals surface area contributed by atoms with Crippen molar-refractivity contribution in [2.45, 2.75) is 87.6 Å². The SMILES string of the molecule is CC(=O)CCCC(=O)OC1OC(CO)C(OC2OC(CO)C(O)C(O)C2O)C(O)C1O. The van der Waals surface area contributed by atoms with Gasteiger partial charge < -0.3 is 59.5 Å². The van der Waals surface area contributed by atoms with Gasteiger partial charge in [-0.25, -0.2) is 0 Å². The van der Waals surface area contributed by atoms with Crippen molar-refractivity contribution in [2.75, 3.05) is 13.2 Å². The van der Waals surface area contributed by atoms with Gasteiger partial charge in [0.2, 0.25) is 6.29 Å². The molecule has 0 aromatic heterocycles. The van der Waals surface area contributed by atoms with E-state index in [1.807, 2.05) is 0 Å². The monoisotopic (exact) mass is 454 g/mol. The highest BCUT2D eigenvalue weighted by molar-refractivity contribution is 5.76. The molecule has 2 fully saturated rings. The minimum atomic E-state index is -1.80. The zero-order valence-electron chi connectivity index (χ0n) is 16.9. The molecule has 0 aromatic rings. The van der Waals surface area contributed by atoms with E-state index in [-0.39, 0.29) is 25.0 Å². The number of esters is 1. The van der Waals surface area contributed by atoms with Crippen molar-refractivity contribution >= 4 is 11.8 Å². The van der Waals surface area contributed by atoms with Crippen molar-refractivity contribution < 1.29 is 64.3 Å². The van der Waals surface area contributed by atoms with Crippen LogP contribution in [0.1, 0.15) is 26.2 Å². The number of aliphatic hydroxyl groups is 7. The van der Waals surface area contributed by atoms with Crippen molar-refractivity contribution in [3.8, 4) is 0 Å². The van der Waals surface area contributed by atoms with Gasteiger partial charge in [-0.15, -0.1) is 0 Å². The molecule has 0 aromatic carbocycles. The second-order valence-electron chi connectivity index (χ2n) is 7.55. The smallest absolute Gasteiger partial charge is 0.308 e. The Morgan fingerprint density at radius 3 is 1.94 bits per heavy atom. The van der Waals surface area contributed by atoms with Crippen LogP contribution < -0.4 is 0 Å². The van der Waals surface area contributed by atoms with Crippen molar-refractivity contribution in [3.05, 3.63) is 0 Å². The van der Waals surface area contributed by atoms with Crippen LogP contribution in [0.4, 0.5) is 0 Å². The van der Waals surface area contributed by atoms with Gasteiger partial charge in [0.05, 0.1) is 13.2 Å². The largest absolute Gasteiger partial charge is 0.433 e. The van der Waals surface area contributed by atoms with Gasteiger partial charge in [-0.3, -0.25) is 4.79 Å². The first-order valence-electron chi connectivity index (χ1n) is 9.88. The second-order valence-corrected chi connectivity index (χ2v) is 7.55. The third kappa shape index (κ3) is 6.38. The number of ketones is 1. The lowest BCUT2D eigenvalue weighted by molar-refractivity contribution is -0.355. The Morgan fingerprint density at radius 2 is 1.35 bits per heavy atom. The first kappa shape index (κ1) is 26.0. The van der Waals surface area contributed by atoms with Gasteiger partial charge in [-0.05, 0) is 13.3 Å². The summed E-state index contributed by atoms with van der Waals surface area (Å²) in [6.07, 6.45) is -15.8. The van der Waals surface area contributed by atoms with Crippen LogP contribution in [-0.2, 0) is 28.5 Å². The molecule has 0 spiro atoms. The summed E-state index contributed by atoms with van der Waals surface area (Å²) in [5, 5.41) is 69.3. The molecule has 7 N–H and O–H groups in total. The normalized spacial score (nSPS) is 41.0. The molecule has 31 heavy (non-hydrogen) atoms. The standard InChI is InChI=1S/C18H30O13/c1-7(21)3-2-4-10(22)30-17-15(27)13(25)16(9(6-20)29-17)31-18-14(26)12(24)11(23)8(5-19)28-18/h8-9,11-20,23-27H,2-6H2,1H3. The number of carbonyl (C=O) groups excluding carboxylic acids is 2. The molecule has 2 rings (SSSR count). The van der Waals surface area contributed by atoms with Crippen LogP contribution in [0.2, 0.25) is 0 Å². The molecule has 2 aliphatic rings. The summed E-state index contributed by atoms with van der Waals surface area (Å²) in [5.41, 5.74) is 0. The number of hydrogen-bond donors (Lipinski definition) is 7. The molecule has 13 heteroatoms. The molecule has 10 unspecified atom stereocenters. The highest BCUT2D eigenvalue weighted by Crippen LogP contribution is 2.29. The molecule has 0 radical (unpaired) electrons. The summed E-state index contributed by atoms with van der Waals surface area (Å²) in [4.78, 5) is 22.8. The third-order valence-electron chi connectivity index (χ3n) is 5.12. The van der Waals surface area contributed by atoms with E-state index in [4.69, 9.17) is 18.9 Å². The van der Waals surface area contributed by atoms with Gasteiger partial charge in [-0.2, -0.15) is 0 Å². The average Bonchev–Trinajstić information content (AvgIpc) is 2.73. The predicted molar refractivity (Wildman–Crippen MR) is 97.0 cm³/mol. The van der Waals surface area contributed by atoms with Crippen molar-refractivity contribution in [1.29, 1.82) is 0 Å². The Labute approximate surface area is 177 Å². The minimum Gasteiger partial charge on any atom is -0.433 e. The van der Waals surface area contributed by atoms with E-state index in [2.05, 4.69) is 0 Å². The number of ether oxygens (including phenoxy) is 4. The van der Waals surface area contributed by atoms with Crippen LogP contribution in [0, 0.1) is 0 Å². The van der Waals surface area contributed by atoms with Gasteiger partial charge in [0.25, 0.3) is 0 Å². The van der Waals surface area contributed by atoms with E-state index in [0.717, 1.165) is 0 Å². The Kier molecular flexibility index (Phi) is 9.69. The van der Waals surface area contributed by atoms with Crippen LogP contribution in [0.5, 0.6) is 0 Å². The van der Waals surface area contributed by atoms with Crippen LogP contribution in [0.15, 0.2) is 0 Å². The Bertz CT molecular complexity index is 597. The minimum absolute atomic E-state index is 0.106.